The Hall–Kier alpha value is -1.74. The quantitative estimate of drug-likeness (QED) is 0.551. The molecular weight excluding hydrogens is 344 g/mol. The van der Waals surface area contributed by atoms with Gasteiger partial charge in [0.1, 0.15) is 0 Å². The van der Waals surface area contributed by atoms with Gasteiger partial charge in [-0.3, -0.25) is 4.79 Å². The second kappa shape index (κ2) is 9.27. The molecule has 3 nitrogen and oxygen atoms in total. The highest BCUT2D eigenvalue weighted by molar-refractivity contribution is 6.19. The standard InChI is InChI=1S/C22H31ClN2O/c1-5-6-13-25(21(26)22(3,4)17-23)16-20-12-9-14-24(20)15-19-11-8-7-10-18(19)2/h7-12,14H,5-6,13,15-17H2,1-4H3. The number of nitrogens with zero attached hydrogens (tertiary/aromatic N) is 2. The van der Waals surface area contributed by atoms with Crippen LogP contribution in [0.4, 0.5) is 0 Å². The van der Waals surface area contributed by atoms with Gasteiger partial charge in [-0.05, 0) is 50.5 Å². The first-order valence-corrected chi connectivity index (χ1v) is 9.96. The van der Waals surface area contributed by atoms with Crippen molar-refractivity contribution in [3.63, 3.8) is 0 Å². The number of benzene rings is 1. The molecule has 0 bridgehead atoms. The Labute approximate surface area is 163 Å². The number of carbonyl (C=O) groups excluding carboxylic acids is 1. The van der Waals surface area contributed by atoms with Crippen molar-refractivity contribution in [2.45, 2.75) is 53.6 Å². The molecule has 0 N–H and O–H groups in total. The predicted molar refractivity (Wildman–Crippen MR) is 110 cm³/mol. The summed E-state index contributed by atoms with van der Waals surface area (Å²) in [4.78, 5) is 15.0. The lowest BCUT2D eigenvalue weighted by molar-refractivity contribution is -0.140. The molecule has 2 aromatic rings. The van der Waals surface area contributed by atoms with Crippen LogP contribution in [0.25, 0.3) is 0 Å². The summed E-state index contributed by atoms with van der Waals surface area (Å²) in [5.74, 6) is 0.461. The highest BCUT2D eigenvalue weighted by atomic mass is 35.5. The van der Waals surface area contributed by atoms with E-state index in [1.54, 1.807) is 0 Å². The number of unbranched alkanes of at least 4 members (excludes halogenated alkanes) is 1. The van der Waals surface area contributed by atoms with E-state index < -0.39 is 5.41 Å². The Morgan fingerprint density at radius 1 is 1.19 bits per heavy atom. The molecule has 0 aliphatic rings. The van der Waals surface area contributed by atoms with Gasteiger partial charge in [-0.25, -0.2) is 0 Å². The lowest BCUT2D eigenvalue weighted by Crippen LogP contribution is -2.42. The van der Waals surface area contributed by atoms with Crippen LogP contribution >= 0.6 is 11.6 Å². The summed E-state index contributed by atoms with van der Waals surface area (Å²) in [6, 6.07) is 12.6. The first-order valence-electron chi connectivity index (χ1n) is 9.43. The predicted octanol–water partition coefficient (Wildman–Crippen LogP) is 5.24. The summed E-state index contributed by atoms with van der Waals surface area (Å²) in [7, 11) is 0. The summed E-state index contributed by atoms with van der Waals surface area (Å²) >= 11 is 6.05. The van der Waals surface area contributed by atoms with Crippen LogP contribution < -0.4 is 0 Å². The van der Waals surface area contributed by atoms with Gasteiger partial charge in [0.2, 0.25) is 5.91 Å². The minimum Gasteiger partial charge on any atom is -0.345 e. The largest absolute Gasteiger partial charge is 0.345 e. The van der Waals surface area contributed by atoms with Gasteiger partial charge in [-0.15, -0.1) is 11.6 Å². The molecule has 1 aromatic carbocycles. The lowest BCUT2D eigenvalue weighted by atomic mass is 9.94. The van der Waals surface area contributed by atoms with Gasteiger partial charge in [-0.1, -0.05) is 37.6 Å². The molecule has 0 spiro atoms. The fraction of sp³-hybridized carbons (Fsp3) is 0.500. The third kappa shape index (κ3) is 5.14. The molecule has 0 aliphatic heterocycles. The number of hydrogen-bond acceptors (Lipinski definition) is 1. The summed E-state index contributed by atoms with van der Waals surface area (Å²) < 4.78 is 2.24. The van der Waals surface area contributed by atoms with Gasteiger partial charge < -0.3 is 9.47 Å². The number of hydrogen-bond donors (Lipinski definition) is 0. The summed E-state index contributed by atoms with van der Waals surface area (Å²) in [6.45, 7) is 10.4. The van der Waals surface area contributed by atoms with Crippen LogP contribution in [-0.2, 0) is 17.9 Å². The van der Waals surface area contributed by atoms with E-state index in [1.165, 1.54) is 11.1 Å². The van der Waals surface area contributed by atoms with Crippen LogP contribution in [0.5, 0.6) is 0 Å². The second-order valence-corrected chi connectivity index (χ2v) is 7.92. The van der Waals surface area contributed by atoms with E-state index in [4.69, 9.17) is 11.6 Å². The first-order chi connectivity index (χ1) is 12.4. The molecule has 1 aromatic heterocycles. The van der Waals surface area contributed by atoms with Crippen molar-refractivity contribution in [1.29, 1.82) is 0 Å². The number of aromatic nitrogens is 1. The van der Waals surface area contributed by atoms with Gasteiger partial charge in [0.25, 0.3) is 0 Å². The van der Waals surface area contributed by atoms with Crippen LogP contribution in [0, 0.1) is 12.3 Å². The molecule has 2 rings (SSSR count). The van der Waals surface area contributed by atoms with Crippen LogP contribution in [-0.4, -0.2) is 27.8 Å². The fourth-order valence-corrected chi connectivity index (χ4v) is 3.11. The van der Waals surface area contributed by atoms with Crippen LogP contribution in [0.15, 0.2) is 42.6 Å². The monoisotopic (exact) mass is 374 g/mol. The molecule has 0 unspecified atom stereocenters. The van der Waals surface area contributed by atoms with Crippen molar-refractivity contribution < 1.29 is 4.79 Å². The molecule has 1 amide bonds. The van der Waals surface area contributed by atoms with E-state index >= 15 is 0 Å². The first kappa shape index (κ1) is 20.6. The number of aryl methyl sites for hydroxylation is 1. The van der Waals surface area contributed by atoms with E-state index in [0.29, 0.717) is 12.4 Å². The normalized spacial score (nSPS) is 11.6. The Bertz CT molecular complexity index is 720. The lowest BCUT2D eigenvalue weighted by Gasteiger charge is -2.31. The van der Waals surface area contributed by atoms with Crippen LogP contribution in [0.1, 0.15) is 50.4 Å². The van der Waals surface area contributed by atoms with Crippen LogP contribution in [0.2, 0.25) is 0 Å². The van der Waals surface area contributed by atoms with Crippen molar-refractivity contribution in [1.82, 2.24) is 9.47 Å². The van der Waals surface area contributed by atoms with Gasteiger partial charge in [0.05, 0.1) is 12.0 Å². The van der Waals surface area contributed by atoms with E-state index in [-0.39, 0.29) is 5.91 Å². The third-order valence-electron chi connectivity index (χ3n) is 4.86. The molecule has 4 heteroatoms. The van der Waals surface area contributed by atoms with Crippen LogP contribution in [0.3, 0.4) is 0 Å². The van der Waals surface area contributed by atoms with Crippen molar-refractivity contribution in [2.24, 2.45) is 5.41 Å². The smallest absolute Gasteiger partial charge is 0.229 e. The molecule has 26 heavy (non-hydrogen) atoms. The molecule has 0 fully saturated rings. The Kier molecular flexibility index (Phi) is 7.33. The Morgan fingerprint density at radius 2 is 1.92 bits per heavy atom. The topological polar surface area (TPSA) is 25.2 Å². The maximum atomic E-state index is 13.0. The number of alkyl halides is 1. The van der Waals surface area contributed by atoms with Crippen molar-refractivity contribution in [3.05, 3.63) is 59.4 Å². The minimum absolute atomic E-state index is 0.129. The molecule has 142 valence electrons. The molecule has 0 aliphatic carbocycles. The minimum atomic E-state index is -0.539. The molecule has 0 saturated heterocycles. The number of rotatable bonds is 9. The highest BCUT2D eigenvalue weighted by Crippen LogP contribution is 2.23. The van der Waals surface area contributed by atoms with E-state index in [2.05, 4.69) is 61.0 Å². The summed E-state index contributed by atoms with van der Waals surface area (Å²) in [5, 5.41) is 0. The molecule has 0 radical (unpaired) electrons. The third-order valence-corrected chi connectivity index (χ3v) is 5.53. The summed E-state index contributed by atoms with van der Waals surface area (Å²) in [5.41, 5.74) is 3.21. The van der Waals surface area contributed by atoms with Gasteiger partial charge in [-0.2, -0.15) is 0 Å². The zero-order chi connectivity index (χ0) is 19.2. The molecular formula is C22H31ClN2O. The average Bonchev–Trinajstić information content (AvgIpc) is 3.06. The highest BCUT2D eigenvalue weighted by Gasteiger charge is 2.31. The van der Waals surface area contributed by atoms with Crippen molar-refractivity contribution in [2.75, 3.05) is 12.4 Å². The second-order valence-electron chi connectivity index (χ2n) is 7.65. The van der Waals surface area contributed by atoms with Crippen molar-refractivity contribution in [3.8, 4) is 0 Å². The van der Waals surface area contributed by atoms with Gasteiger partial charge in [0, 0.05) is 30.9 Å². The SMILES string of the molecule is CCCCN(Cc1cccn1Cc1ccccc1C)C(=O)C(C)(C)CCl. The van der Waals surface area contributed by atoms with E-state index in [9.17, 15) is 4.79 Å². The zero-order valence-electron chi connectivity index (χ0n) is 16.5. The number of halogens is 1. The Balaban J connectivity index is 2.20. The number of amides is 1. The molecule has 0 saturated carbocycles. The van der Waals surface area contributed by atoms with E-state index in [0.717, 1.165) is 31.6 Å². The fourth-order valence-electron chi connectivity index (χ4n) is 3.00. The molecule has 0 atom stereocenters. The Morgan fingerprint density at radius 3 is 2.58 bits per heavy atom. The maximum Gasteiger partial charge on any atom is 0.229 e. The maximum absolute atomic E-state index is 13.0. The van der Waals surface area contributed by atoms with Gasteiger partial charge in [0.15, 0.2) is 0 Å². The number of carbonyl (C=O) groups is 1. The average molecular weight is 375 g/mol. The van der Waals surface area contributed by atoms with Gasteiger partial charge >= 0.3 is 0 Å². The van der Waals surface area contributed by atoms with Crippen molar-refractivity contribution >= 4 is 17.5 Å². The zero-order valence-corrected chi connectivity index (χ0v) is 17.2. The van der Waals surface area contributed by atoms with E-state index in [1.807, 2.05) is 18.7 Å². The summed E-state index contributed by atoms with van der Waals surface area (Å²) in [6.07, 6.45) is 4.16. The molecule has 1 heterocycles.